The molecule has 3 nitrogen and oxygen atoms in total. The van der Waals surface area contributed by atoms with Gasteiger partial charge in [0.2, 0.25) is 0 Å². The van der Waals surface area contributed by atoms with Crippen molar-refractivity contribution in [3.05, 3.63) is 12.2 Å². The normalized spacial score (nSPS) is 13.3. The molecule has 0 rings (SSSR count). The minimum atomic E-state index is -1.44. The third-order valence-electron chi connectivity index (χ3n) is 1.89. The number of carbonyl (C=O) groups is 1. The Kier molecular flexibility index (Phi) is 6.60. The third kappa shape index (κ3) is 8.68. The molecule has 0 radical (unpaired) electrons. The molecule has 0 amide bonds. The summed E-state index contributed by atoms with van der Waals surface area (Å²) < 4.78 is 10.9. The summed E-state index contributed by atoms with van der Waals surface area (Å²) in [5.74, 6) is -0.307. The van der Waals surface area contributed by atoms with E-state index in [1.54, 1.807) is 6.92 Å². The van der Waals surface area contributed by atoms with E-state index < -0.39 is 8.32 Å². The molecule has 0 aromatic rings. The number of hydrogen-bond acceptors (Lipinski definition) is 3. The Morgan fingerprint density at radius 1 is 1.38 bits per heavy atom. The van der Waals surface area contributed by atoms with E-state index in [4.69, 9.17) is 9.16 Å². The molecule has 1 atom stereocenters. The van der Waals surface area contributed by atoms with Crippen molar-refractivity contribution < 1.29 is 14.0 Å². The van der Waals surface area contributed by atoms with Crippen molar-refractivity contribution in [1.82, 2.24) is 0 Å². The molecular weight excluding hydrogens is 220 g/mol. The van der Waals surface area contributed by atoms with Gasteiger partial charge >= 0.3 is 5.97 Å². The van der Waals surface area contributed by atoms with Crippen LogP contribution in [-0.2, 0) is 14.0 Å². The number of carbonyl (C=O) groups excluding carboxylic acids is 1. The molecule has 0 bridgehead atoms. The van der Waals surface area contributed by atoms with Gasteiger partial charge in [0.15, 0.2) is 8.32 Å². The van der Waals surface area contributed by atoms with Gasteiger partial charge < -0.3 is 9.16 Å². The van der Waals surface area contributed by atoms with Crippen molar-refractivity contribution in [3.8, 4) is 0 Å². The van der Waals surface area contributed by atoms with Gasteiger partial charge in [0.25, 0.3) is 0 Å². The van der Waals surface area contributed by atoms with Gasteiger partial charge in [0.05, 0.1) is 6.61 Å². The fraction of sp³-hybridized carbons (Fsp3) is 0.750. The highest BCUT2D eigenvalue weighted by Gasteiger charge is 2.17. The van der Waals surface area contributed by atoms with Gasteiger partial charge in [-0.1, -0.05) is 6.58 Å². The summed E-state index contributed by atoms with van der Waals surface area (Å²) >= 11 is 0. The first-order valence-corrected chi connectivity index (χ1v) is 9.13. The maximum atomic E-state index is 11.1. The minimum absolute atomic E-state index is 0.246. The van der Waals surface area contributed by atoms with Crippen LogP contribution in [-0.4, -0.2) is 27.0 Å². The maximum absolute atomic E-state index is 11.1. The lowest BCUT2D eigenvalue weighted by Gasteiger charge is -2.23. The van der Waals surface area contributed by atoms with E-state index in [0.29, 0.717) is 12.2 Å². The molecule has 0 aliphatic heterocycles. The lowest BCUT2D eigenvalue weighted by Crippen LogP contribution is -2.30. The van der Waals surface area contributed by atoms with E-state index in [9.17, 15) is 4.79 Å². The topological polar surface area (TPSA) is 35.5 Å². The first-order chi connectivity index (χ1) is 7.22. The predicted molar refractivity (Wildman–Crippen MR) is 68.9 cm³/mol. The lowest BCUT2D eigenvalue weighted by atomic mass is 10.2. The summed E-state index contributed by atoms with van der Waals surface area (Å²) in [6.07, 6.45) is 2.01. The zero-order chi connectivity index (χ0) is 12.8. The van der Waals surface area contributed by atoms with Crippen molar-refractivity contribution in [1.29, 1.82) is 0 Å². The number of rotatable bonds is 7. The standard InChI is InChI=1S/C12H24O3Si/c1-10(2)12(13)14-9-7-8-11(3)15-16(4,5)6/h11H,1,7-9H2,2-6H3. The average Bonchev–Trinajstić information content (AvgIpc) is 2.08. The van der Waals surface area contributed by atoms with E-state index in [1.165, 1.54) is 0 Å². The molecule has 0 spiro atoms. The molecule has 0 saturated carbocycles. The average molecular weight is 244 g/mol. The van der Waals surface area contributed by atoms with Crippen molar-refractivity contribution in [2.75, 3.05) is 6.61 Å². The van der Waals surface area contributed by atoms with Crippen LogP contribution in [0.2, 0.25) is 19.6 Å². The van der Waals surface area contributed by atoms with E-state index in [2.05, 4.69) is 33.1 Å². The molecule has 0 aromatic heterocycles. The van der Waals surface area contributed by atoms with Crippen molar-refractivity contribution >= 4 is 14.3 Å². The molecule has 1 unspecified atom stereocenters. The second-order valence-corrected chi connectivity index (χ2v) is 9.56. The van der Waals surface area contributed by atoms with Crippen LogP contribution in [0, 0.1) is 0 Å². The number of esters is 1. The summed E-state index contributed by atoms with van der Waals surface area (Å²) in [6.45, 7) is 14.2. The molecule has 0 fully saturated rings. The van der Waals surface area contributed by atoms with Crippen LogP contribution in [0.5, 0.6) is 0 Å². The highest BCUT2D eigenvalue weighted by Crippen LogP contribution is 2.11. The van der Waals surface area contributed by atoms with Crippen LogP contribution in [0.25, 0.3) is 0 Å². The molecule has 0 aromatic carbocycles. The quantitative estimate of drug-likeness (QED) is 0.299. The monoisotopic (exact) mass is 244 g/mol. The minimum Gasteiger partial charge on any atom is -0.462 e. The first-order valence-electron chi connectivity index (χ1n) is 5.73. The summed E-state index contributed by atoms with van der Waals surface area (Å²) in [5.41, 5.74) is 0.450. The first kappa shape index (κ1) is 15.4. The third-order valence-corrected chi connectivity index (χ3v) is 3.00. The maximum Gasteiger partial charge on any atom is 0.333 e. The Morgan fingerprint density at radius 2 is 1.94 bits per heavy atom. The van der Waals surface area contributed by atoms with Crippen molar-refractivity contribution in [2.24, 2.45) is 0 Å². The van der Waals surface area contributed by atoms with E-state index in [0.717, 1.165) is 12.8 Å². The van der Waals surface area contributed by atoms with Gasteiger partial charge in [-0.3, -0.25) is 0 Å². The number of ether oxygens (including phenoxy) is 1. The van der Waals surface area contributed by atoms with Crippen LogP contribution >= 0.6 is 0 Å². The van der Waals surface area contributed by atoms with Crippen LogP contribution in [0.4, 0.5) is 0 Å². The van der Waals surface area contributed by atoms with Crippen LogP contribution in [0.1, 0.15) is 26.7 Å². The molecule has 0 N–H and O–H groups in total. The SMILES string of the molecule is C=C(C)C(=O)OCCCC(C)O[Si](C)(C)C. The van der Waals surface area contributed by atoms with Gasteiger partial charge in [-0.15, -0.1) is 0 Å². The molecule has 0 aliphatic carbocycles. The van der Waals surface area contributed by atoms with Gasteiger partial charge in [-0.25, -0.2) is 4.79 Å². The zero-order valence-corrected chi connectivity index (χ0v) is 12.1. The van der Waals surface area contributed by atoms with Crippen LogP contribution in [0.15, 0.2) is 12.2 Å². The van der Waals surface area contributed by atoms with Crippen molar-refractivity contribution in [3.63, 3.8) is 0 Å². The van der Waals surface area contributed by atoms with Crippen LogP contribution < -0.4 is 0 Å². The van der Waals surface area contributed by atoms with Gasteiger partial charge in [0.1, 0.15) is 0 Å². The van der Waals surface area contributed by atoms with Gasteiger partial charge in [-0.05, 0) is 46.3 Å². The lowest BCUT2D eigenvalue weighted by molar-refractivity contribution is -0.139. The zero-order valence-electron chi connectivity index (χ0n) is 11.1. The molecule has 94 valence electrons. The Morgan fingerprint density at radius 3 is 2.38 bits per heavy atom. The molecule has 0 heterocycles. The Labute approximate surface area is 100.0 Å². The smallest absolute Gasteiger partial charge is 0.333 e. The molecule has 16 heavy (non-hydrogen) atoms. The fourth-order valence-corrected chi connectivity index (χ4v) is 2.65. The second kappa shape index (κ2) is 6.86. The second-order valence-electron chi connectivity index (χ2n) is 5.10. The highest BCUT2D eigenvalue weighted by molar-refractivity contribution is 6.69. The fourth-order valence-electron chi connectivity index (χ4n) is 1.32. The molecule has 4 heteroatoms. The summed E-state index contributed by atoms with van der Waals surface area (Å²) in [5, 5.41) is 0. The highest BCUT2D eigenvalue weighted by atomic mass is 28.4. The van der Waals surface area contributed by atoms with Gasteiger partial charge in [0, 0.05) is 11.7 Å². The Hall–Kier alpha value is -0.613. The molecule has 0 aliphatic rings. The number of hydrogen-bond donors (Lipinski definition) is 0. The van der Waals surface area contributed by atoms with Crippen molar-refractivity contribution in [2.45, 2.75) is 52.4 Å². The van der Waals surface area contributed by atoms with Crippen LogP contribution in [0.3, 0.4) is 0 Å². The summed E-state index contributed by atoms with van der Waals surface area (Å²) in [7, 11) is -1.44. The summed E-state index contributed by atoms with van der Waals surface area (Å²) in [4.78, 5) is 11.1. The summed E-state index contributed by atoms with van der Waals surface area (Å²) in [6, 6.07) is 0. The molecular formula is C12H24O3Si. The van der Waals surface area contributed by atoms with Gasteiger partial charge in [-0.2, -0.15) is 0 Å². The predicted octanol–water partition coefficient (Wildman–Crippen LogP) is 3.13. The Balaban J connectivity index is 3.60. The largest absolute Gasteiger partial charge is 0.462 e. The van der Waals surface area contributed by atoms with E-state index in [1.807, 2.05) is 0 Å². The Bertz CT molecular complexity index is 243. The van der Waals surface area contributed by atoms with E-state index >= 15 is 0 Å². The molecule has 0 saturated heterocycles. The van der Waals surface area contributed by atoms with E-state index in [-0.39, 0.29) is 12.1 Å².